The first kappa shape index (κ1) is 12.1. The second-order valence-electron chi connectivity index (χ2n) is 3.64. The molecule has 1 aromatic carbocycles. The van der Waals surface area contributed by atoms with Crippen LogP contribution in [0.5, 0.6) is 0 Å². The van der Waals surface area contributed by atoms with Gasteiger partial charge in [-0.3, -0.25) is 0 Å². The third-order valence-electron chi connectivity index (χ3n) is 2.14. The third-order valence-corrected chi connectivity index (χ3v) is 2.14. The molecule has 0 aromatic heterocycles. The maximum absolute atomic E-state index is 13.3. The van der Waals surface area contributed by atoms with Crippen molar-refractivity contribution >= 4 is 0 Å². The number of halogens is 2. The summed E-state index contributed by atoms with van der Waals surface area (Å²) in [7, 11) is 0. The largest absolute Gasteiger partial charge is 0.392 e. The summed E-state index contributed by atoms with van der Waals surface area (Å²) < 4.78 is 26.1. The Bertz CT molecular complexity index is 328. The van der Waals surface area contributed by atoms with Crippen LogP contribution in [0.1, 0.15) is 25.5 Å². The standard InChI is InChI=1S/C11H15F2NO/c1-7(15)6-14-8(2)10-5-9(12)3-4-11(10)13/h3-5,7-8,14-15H,6H2,1-2H3/t7-,8?/m0/s1. The molecule has 0 fully saturated rings. The number of aliphatic hydroxyl groups excluding tert-OH is 1. The van der Waals surface area contributed by atoms with Crippen molar-refractivity contribution in [3.8, 4) is 0 Å². The van der Waals surface area contributed by atoms with Crippen molar-refractivity contribution in [2.45, 2.75) is 26.0 Å². The minimum absolute atomic E-state index is 0.274. The molecule has 0 radical (unpaired) electrons. The van der Waals surface area contributed by atoms with E-state index in [0.29, 0.717) is 6.54 Å². The van der Waals surface area contributed by atoms with Crippen LogP contribution in [-0.2, 0) is 0 Å². The van der Waals surface area contributed by atoms with Crippen molar-refractivity contribution in [3.63, 3.8) is 0 Å². The fourth-order valence-electron chi connectivity index (χ4n) is 1.30. The van der Waals surface area contributed by atoms with Crippen LogP contribution in [-0.4, -0.2) is 17.8 Å². The lowest BCUT2D eigenvalue weighted by atomic mass is 10.1. The van der Waals surface area contributed by atoms with Gasteiger partial charge in [0.2, 0.25) is 0 Å². The summed E-state index contributed by atoms with van der Waals surface area (Å²) >= 11 is 0. The molecule has 0 aliphatic carbocycles. The Kier molecular flexibility index (Phi) is 4.17. The normalized spacial score (nSPS) is 15.0. The molecule has 0 heterocycles. The zero-order valence-electron chi connectivity index (χ0n) is 8.80. The summed E-state index contributed by atoms with van der Waals surface area (Å²) in [5, 5.41) is 12.0. The average molecular weight is 215 g/mol. The summed E-state index contributed by atoms with van der Waals surface area (Å²) in [5.41, 5.74) is 0.274. The molecular formula is C11H15F2NO. The van der Waals surface area contributed by atoms with E-state index < -0.39 is 17.7 Å². The van der Waals surface area contributed by atoms with Gasteiger partial charge in [-0.15, -0.1) is 0 Å². The van der Waals surface area contributed by atoms with Crippen molar-refractivity contribution < 1.29 is 13.9 Å². The Morgan fingerprint density at radius 2 is 2.00 bits per heavy atom. The van der Waals surface area contributed by atoms with Crippen molar-refractivity contribution in [1.82, 2.24) is 5.32 Å². The van der Waals surface area contributed by atoms with E-state index in [0.717, 1.165) is 18.2 Å². The molecule has 0 aliphatic heterocycles. The first-order valence-electron chi connectivity index (χ1n) is 4.87. The zero-order chi connectivity index (χ0) is 11.4. The highest BCUT2D eigenvalue weighted by Crippen LogP contribution is 2.17. The van der Waals surface area contributed by atoms with E-state index in [1.165, 1.54) is 0 Å². The zero-order valence-corrected chi connectivity index (χ0v) is 8.80. The molecule has 84 valence electrons. The van der Waals surface area contributed by atoms with Gasteiger partial charge < -0.3 is 10.4 Å². The van der Waals surface area contributed by atoms with Gasteiger partial charge in [-0.25, -0.2) is 8.78 Å². The lowest BCUT2D eigenvalue weighted by Crippen LogP contribution is -2.27. The summed E-state index contributed by atoms with van der Waals surface area (Å²) in [6, 6.07) is 3.02. The second kappa shape index (κ2) is 5.19. The number of aliphatic hydroxyl groups is 1. The van der Waals surface area contributed by atoms with Crippen LogP contribution in [0, 0.1) is 11.6 Å². The Labute approximate surface area is 87.9 Å². The molecule has 2 N–H and O–H groups in total. The molecule has 1 aromatic rings. The van der Waals surface area contributed by atoms with E-state index in [9.17, 15) is 8.78 Å². The number of hydrogen-bond acceptors (Lipinski definition) is 2. The fourth-order valence-corrected chi connectivity index (χ4v) is 1.30. The first-order valence-corrected chi connectivity index (χ1v) is 4.87. The molecule has 2 atom stereocenters. The van der Waals surface area contributed by atoms with Crippen LogP contribution in [0.3, 0.4) is 0 Å². The van der Waals surface area contributed by atoms with Gasteiger partial charge in [-0.2, -0.15) is 0 Å². The van der Waals surface area contributed by atoms with Gasteiger partial charge in [0.05, 0.1) is 6.10 Å². The number of rotatable bonds is 4. The molecule has 0 saturated carbocycles. The molecule has 0 aliphatic rings. The number of benzene rings is 1. The lowest BCUT2D eigenvalue weighted by molar-refractivity contribution is 0.187. The summed E-state index contributed by atoms with van der Waals surface area (Å²) in [6.07, 6.45) is -0.510. The van der Waals surface area contributed by atoms with Crippen LogP contribution in [0.15, 0.2) is 18.2 Å². The van der Waals surface area contributed by atoms with Crippen LogP contribution in [0.2, 0.25) is 0 Å². The maximum Gasteiger partial charge on any atom is 0.128 e. The predicted molar refractivity (Wildman–Crippen MR) is 54.5 cm³/mol. The van der Waals surface area contributed by atoms with Crippen molar-refractivity contribution in [1.29, 1.82) is 0 Å². The second-order valence-corrected chi connectivity index (χ2v) is 3.64. The van der Waals surface area contributed by atoms with E-state index in [1.807, 2.05) is 0 Å². The molecule has 0 saturated heterocycles. The highest BCUT2D eigenvalue weighted by atomic mass is 19.1. The molecule has 0 bridgehead atoms. The summed E-state index contributed by atoms with van der Waals surface area (Å²) in [5.74, 6) is -0.904. The predicted octanol–water partition coefficient (Wildman–Crippen LogP) is 2.00. The van der Waals surface area contributed by atoms with E-state index in [1.54, 1.807) is 13.8 Å². The molecule has 0 amide bonds. The minimum Gasteiger partial charge on any atom is -0.392 e. The smallest absolute Gasteiger partial charge is 0.128 e. The molecule has 1 unspecified atom stereocenters. The van der Waals surface area contributed by atoms with Crippen LogP contribution in [0.4, 0.5) is 8.78 Å². The maximum atomic E-state index is 13.3. The van der Waals surface area contributed by atoms with Gasteiger partial charge in [0.1, 0.15) is 11.6 Å². The van der Waals surface area contributed by atoms with E-state index in [4.69, 9.17) is 5.11 Å². The minimum atomic E-state index is -0.510. The fraction of sp³-hybridized carbons (Fsp3) is 0.455. The van der Waals surface area contributed by atoms with Crippen LogP contribution in [0.25, 0.3) is 0 Å². The van der Waals surface area contributed by atoms with E-state index in [2.05, 4.69) is 5.32 Å². The van der Waals surface area contributed by atoms with Gasteiger partial charge in [0, 0.05) is 18.2 Å². The quantitative estimate of drug-likeness (QED) is 0.805. The highest BCUT2D eigenvalue weighted by Gasteiger charge is 2.11. The number of nitrogens with one attached hydrogen (secondary N) is 1. The SMILES string of the molecule is CC(NC[C@H](C)O)c1cc(F)ccc1F. The van der Waals surface area contributed by atoms with Crippen LogP contribution >= 0.6 is 0 Å². The molecule has 15 heavy (non-hydrogen) atoms. The van der Waals surface area contributed by atoms with Crippen molar-refractivity contribution in [2.24, 2.45) is 0 Å². The van der Waals surface area contributed by atoms with Gasteiger partial charge in [0.15, 0.2) is 0 Å². The first-order chi connectivity index (χ1) is 7.00. The number of hydrogen-bond donors (Lipinski definition) is 2. The summed E-state index contributed by atoms with van der Waals surface area (Å²) in [4.78, 5) is 0. The monoisotopic (exact) mass is 215 g/mol. The van der Waals surface area contributed by atoms with E-state index in [-0.39, 0.29) is 11.6 Å². The average Bonchev–Trinajstić information content (AvgIpc) is 2.18. The van der Waals surface area contributed by atoms with Gasteiger partial charge in [-0.05, 0) is 32.0 Å². The molecule has 4 heteroatoms. The summed E-state index contributed by atoms with van der Waals surface area (Å²) in [6.45, 7) is 3.69. The van der Waals surface area contributed by atoms with Gasteiger partial charge in [-0.1, -0.05) is 0 Å². The Balaban J connectivity index is 2.72. The van der Waals surface area contributed by atoms with Gasteiger partial charge in [0.25, 0.3) is 0 Å². The van der Waals surface area contributed by atoms with Crippen molar-refractivity contribution in [3.05, 3.63) is 35.4 Å². The van der Waals surface area contributed by atoms with E-state index >= 15 is 0 Å². The van der Waals surface area contributed by atoms with Crippen LogP contribution < -0.4 is 5.32 Å². The molecule has 1 rings (SSSR count). The van der Waals surface area contributed by atoms with Gasteiger partial charge >= 0.3 is 0 Å². The molecule has 2 nitrogen and oxygen atoms in total. The lowest BCUT2D eigenvalue weighted by Gasteiger charge is -2.16. The Morgan fingerprint density at radius 3 is 2.60 bits per heavy atom. The van der Waals surface area contributed by atoms with Crippen molar-refractivity contribution in [2.75, 3.05) is 6.54 Å². The Morgan fingerprint density at radius 1 is 1.33 bits per heavy atom. The Hall–Kier alpha value is -1.00. The molecular weight excluding hydrogens is 200 g/mol. The topological polar surface area (TPSA) is 32.3 Å². The highest BCUT2D eigenvalue weighted by molar-refractivity contribution is 5.21. The molecule has 0 spiro atoms. The third kappa shape index (κ3) is 3.57.